The largest absolute Gasteiger partial charge is 0.316 e. The van der Waals surface area contributed by atoms with Gasteiger partial charge in [0, 0.05) is 13.0 Å². The Labute approximate surface area is 87.1 Å². The van der Waals surface area contributed by atoms with Gasteiger partial charge in [-0.3, -0.25) is 4.79 Å². The summed E-state index contributed by atoms with van der Waals surface area (Å²) < 4.78 is 1.69. The molecule has 0 aliphatic rings. The van der Waals surface area contributed by atoms with Crippen molar-refractivity contribution in [3.05, 3.63) is 21.7 Å². The highest BCUT2D eigenvalue weighted by Crippen LogP contribution is 2.13. The van der Waals surface area contributed by atoms with Gasteiger partial charge in [0.1, 0.15) is 11.2 Å². The van der Waals surface area contributed by atoms with Crippen molar-refractivity contribution in [3.8, 4) is 0 Å². The first kappa shape index (κ1) is 9.89. The molecule has 0 aliphatic heterocycles. The lowest BCUT2D eigenvalue weighted by molar-refractivity contribution is 0.757. The van der Waals surface area contributed by atoms with Crippen LogP contribution in [0.15, 0.2) is 4.79 Å². The first-order chi connectivity index (χ1) is 7.00. The molecule has 0 unspecified atom stereocenters. The second-order valence-corrected chi connectivity index (χ2v) is 4.01. The van der Waals surface area contributed by atoms with Crippen LogP contribution in [0.5, 0.6) is 0 Å². The number of fused-ring (bicyclic) bond motifs is 1. The number of hydrogen-bond acceptors (Lipinski definition) is 3. The van der Waals surface area contributed by atoms with Gasteiger partial charge in [0.05, 0.1) is 5.69 Å². The summed E-state index contributed by atoms with van der Waals surface area (Å²) in [5.41, 5.74) is 2.70. The molecule has 2 rings (SSSR count). The molecule has 0 saturated heterocycles. The van der Waals surface area contributed by atoms with Crippen molar-refractivity contribution in [2.24, 2.45) is 7.05 Å². The molecule has 5 heteroatoms. The molecule has 2 aromatic rings. The molecular formula is C10H14N4O. The molecule has 0 aromatic carbocycles. The third kappa shape index (κ3) is 1.44. The van der Waals surface area contributed by atoms with Crippen LogP contribution in [0.3, 0.4) is 0 Å². The molecule has 0 atom stereocenters. The number of nitrogens with one attached hydrogen (secondary N) is 1. The fourth-order valence-corrected chi connectivity index (χ4v) is 1.65. The predicted octanol–water partition coefficient (Wildman–Crippen LogP) is 1.09. The average Bonchev–Trinajstić information content (AvgIpc) is 2.41. The summed E-state index contributed by atoms with van der Waals surface area (Å²) in [7, 11) is 1.82. The van der Waals surface area contributed by atoms with Gasteiger partial charge in [0.2, 0.25) is 0 Å². The third-order valence-corrected chi connectivity index (χ3v) is 2.44. The van der Waals surface area contributed by atoms with Crippen LogP contribution in [0.25, 0.3) is 11.2 Å². The van der Waals surface area contributed by atoms with Gasteiger partial charge in [-0.1, -0.05) is 13.8 Å². The van der Waals surface area contributed by atoms with Gasteiger partial charge >= 0.3 is 0 Å². The van der Waals surface area contributed by atoms with Crippen LogP contribution in [0, 0.1) is 6.92 Å². The monoisotopic (exact) mass is 206 g/mol. The molecule has 0 saturated carbocycles. The maximum atomic E-state index is 11.7. The predicted molar refractivity (Wildman–Crippen MR) is 58.0 cm³/mol. The van der Waals surface area contributed by atoms with E-state index >= 15 is 0 Å². The van der Waals surface area contributed by atoms with Gasteiger partial charge in [0.25, 0.3) is 5.56 Å². The summed E-state index contributed by atoms with van der Waals surface area (Å²) in [5.74, 6) is 0.119. The normalized spacial score (nSPS) is 11.5. The third-order valence-electron chi connectivity index (χ3n) is 2.44. The van der Waals surface area contributed by atoms with Gasteiger partial charge in [-0.05, 0) is 6.92 Å². The minimum Gasteiger partial charge on any atom is -0.316 e. The Morgan fingerprint density at radius 2 is 2.07 bits per heavy atom. The zero-order chi connectivity index (χ0) is 11.2. The van der Waals surface area contributed by atoms with Crippen molar-refractivity contribution >= 4 is 11.2 Å². The Morgan fingerprint density at radius 1 is 1.40 bits per heavy atom. The van der Waals surface area contributed by atoms with Crippen LogP contribution < -0.4 is 5.56 Å². The van der Waals surface area contributed by atoms with Crippen LogP contribution in [0.1, 0.15) is 31.2 Å². The quantitative estimate of drug-likeness (QED) is 0.759. The standard InChI is InChI=1S/C10H14N4O/c1-5(2)7-10(15)12-8-6(3)13-14(4)9(8)11-7/h5H,1-4H3,(H,12,15). The summed E-state index contributed by atoms with van der Waals surface area (Å²) in [4.78, 5) is 18.9. The molecule has 15 heavy (non-hydrogen) atoms. The topological polar surface area (TPSA) is 63.6 Å². The van der Waals surface area contributed by atoms with Gasteiger partial charge in [-0.15, -0.1) is 0 Å². The molecule has 80 valence electrons. The minimum absolute atomic E-state index is 0.117. The SMILES string of the molecule is Cc1nn(C)c2nc(C(C)C)c(=O)[nH]c12. The van der Waals surface area contributed by atoms with Crippen LogP contribution in [-0.2, 0) is 7.05 Å². The highest BCUT2D eigenvalue weighted by atomic mass is 16.1. The van der Waals surface area contributed by atoms with E-state index < -0.39 is 0 Å². The maximum Gasteiger partial charge on any atom is 0.270 e. The highest BCUT2D eigenvalue weighted by Gasteiger charge is 2.12. The lowest BCUT2D eigenvalue weighted by atomic mass is 10.1. The summed E-state index contributed by atoms with van der Waals surface area (Å²) in [5, 5.41) is 4.22. The van der Waals surface area contributed by atoms with E-state index in [9.17, 15) is 4.79 Å². The summed E-state index contributed by atoms with van der Waals surface area (Å²) in [6.07, 6.45) is 0. The van der Waals surface area contributed by atoms with Crippen molar-refractivity contribution in [3.63, 3.8) is 0 Å². The molecule has 2 aromatic heterocycles. The first-order valence-electron chi connectivity index (χ1n) is 4.94. The van der Waals surface area contributed by atoms with E-state index in [1.54, 1.807) is 4.68 Å². The van der Waals surface area contributed by atoms with Gasteiger partial charge in [-0.25, -0.2) is 9.67 Å². The first-order valence-corrected chi connectivity index (χ1v) is 4.94. The van der Waals surface area contributed by atoms with Crippen molar-refractivity contribution in [2.75, 3.05) is 0 Å². The van der Waals surface area contributed by atoms with Crippen molar-refractivity contribution in [1.29, 1.82) is 0 Å². The highest BCUT2D eigenvalue weighted by molar-refractivity contribution is 5.72. The van der Waals surface area contributed by atoms with Gasteiger partial charge < -0.3 is 4.98 Å². The van der Waals surface area contributed by atoms with Crippen LogP contribution >= 0.6 is 0 Å². The molecule has 0 spiro atoms. The summed E-state index contributed by atoms with van der Waals surface area (Å²) in [6, 6.07) is 0. The number of aromatic amines is 1. The number of aromatic nitrogens is 4. The molecule has 0 bridgehead atoms. The molecule has 5 nitrogen and oxygen atoms in total. The van der Waals surface area contributed by atoms with Crippen LogP contribution in [-0.4, -0.2) is 19.7 Å². The van der Waals surface area contributed by atoms with Gasteiger partial charge in [0.15, 0.2) is 5.65 Å². The number of rotatable bonds is 1. The lowest BCUT2D eigenvalue weighted by Gasteiger charge is -2.02. The van der Waals surface area contributed by atoms with E-state index in [0.29, 0.717) is 5.69 Å². The molecule has 0 fully saturated rings. The molecule has 2 heterocycles. The molecule has 1 N–H and O–H groups in total. The number of aryl methyl sites for hydroxylation is 2. The van der Waals surface area contributed by atoms with Crippen LogP contribution in [0.4, 0.5) is 0 Å². The minimum atomic E-state index is -0.117. The second-order valence-electron chi connectivity index (χ2n) is 4.01. The number of nitrogens with zero attached hydrogens (tertiary/aromatic N) is 3. The van der Waals surface area contributed by atoms with E-state index in [4.69, 9.17) is 0 Å². The Morgan fingerprint density at radius 3 is 2.67 bits per heavy atom. The fraction of sp³-hybridized carbons (Fsp3) is 0.500. The zero-order valence-corrected chi connectivity index (χ0v) is 9.33. The Balaban J connectivity index is 2.85. The lowest BCUT2D eigenvalue weighted by Crippen LogP contribution is -2.16. The number of H-pyrrole nitrogens is 1. The Kier molecular flexibility index (Phi) is 2.10. The van der Waals surface area contributed by atoms with Crippen molar-refractivity contribution in [1.82, 2.24) is 19.7 Å². The van der Waals surface area contributed by atoms with Crippen molar-refractivity contribution < 1.29 is 0 Å². The van der Waals surface area contributed by atoms with Gasteiger partial charge in [-0.2, -0.15) is 5.10 Å². The molecular weight excluding hydrogens is 192 g/mol. The van der Waals surface area contributed by atoms with Crippen molar-refractivity contribution in [2.45, 2.75) is 26.7 Å². The fourth-order valence-electron chi connectivity index (χ4n) is 1.65. The molecule has 0 radical (unpaired) electrons. The van der Waals surface area contributed by atoms with E-state index in [2.05, 4.69) is 15.1 Å². The summed E-state index contributed by atoms with van der Waals surface area (Å²) in [6.45, 7) is 5.76. The van der Waals surface area contributed by atoms with E-state index in [0.717, 1.165) is 16.9 Å². The molecule has 0 aliphatic carbocycles. The smallest absolute Gasteiger partial charge is 0.270 e. The average molecular weight is 206 g/mol. The van der Waals surface area contributed by atoms with Crippen LogP contribution in [0.2, 0.25) is 0 Å². The van der Waals surface area contributed by atoms with E-state index in [1.165, 1.54) is 0 Å². The Bertz CT molecular complexity index is 565. The molecule has 0 amide bonds. The second kappa shape index (κ2) is 3.18. The summed E-state index contributed by atoms with van der Waals surface area (Å²) >= 11 is 0. The number of hydrogen-bond donors (Lipinski definition) is 1. The zero-order valence-electron chi connectivity index (χ0n) is 9.33. The van der Waals surface area contributed by atoms with E-state index in [-0.39, 0.29) is 11.5 Å². The van der Waals surface area contributed by atoms with E-state index in [1.807, 2.05) is 27.8 Å². The maximum absolute atomic E-state index is 11.7. The Hall–Kier alpha value is -1.65.